The smallest absolute Gasteiger partial charge is 0.341 e. The quantitative estimate of drug-likeness (QED) is 0.287. The minimum atomic E-state index is -1.00. The molecule has 11 nitrogen and oxygen atoms in total. The summed E-state index contributed by atoms with van der Waals surface area (Å²) in [6.45, 7) is 1.15. The number of hydrogen-bond acceptors (Lipinski definition) is 7. The van der Waals surface area contributed by atoms with Gasteiger partial charge in [0.25, 0.3) is 0 Å². The van der Waals surface area contributed by atoms with E-state index in [9.17, 15) is 19.6 Å². The van der Waals surface area contributed by atoms with E-state index in [0.717, 1.165) is 11.0 Å². The molecule has 0 aliphatic carbocycles. The molecule has 2 unspecified atom stereocenters. The number of nitrogens with zero attached hydrogens (tertiary/aromatic N) is 3. The van der Waals surface area contributed by atoms with Crippen molar-refractivity contribution in [2.45, 2.75) is 19.6 Å². The van der Waals surface area contributed by atoms with Crippen LogP contribution in [0.3, 0.4) is 0 Å². The van der Waals surface area contributed by atoms with Crippen LogP contribution in [0.1, 0.15) is 29.7 Å². The van der Waals surface area contributed by atoms with Crippen LogP contribution in [0.2, 0.25) is 0 Å². The van der Waals surface area contributed by atoms with Crippen molar-refractivity contribution in [2.24, 2.45) is 10.9 Å². The highest BCUT2D eigenvalue weighted by molar-refractivity contribution is 6.10. The van der Waals surface area contributed by atoms with Gasteiger partial charge < -0.3 is 25.1 Å². The minimum absolute atomic E-state index is 0.0714. The van der Waals surface area contributed by atoms with E-state index >= 15 is 0 Å². The molecule has 0 radical (unpaired) electrons. The van der Waals surface area contributed by atoms with Crippen LogP contribution in [0, 0.1) is 17.2 Å². The molecule has 11 heteroatoms. The van der Waals surface area contributed by atoms with E-state index in [1.807, 2.05) is 6.07 Å². The van der Waals surface area contributed by atoms with Crippen molar-refractivity contribution in [1.29, 1.82) is 5.26 Å². The van der Waals surface area contributed by atoms with Crippen molar-refractivity contribution >= 4 is 40.3 Å². The Labute approximate surface area is 228 Å². The first-order chi connectivity index (χ1) is 19.4. The van der Waals surface area contributed by atoms with Crippen molar-refractivity contribution in [3.63, 3.8) is 0 Å². The van der Waals surface area contributed by atoms with Gasteiger partial charge in [-0.25, -0.2) is 9.78 Å². The summed E-state index contributed by atoms with van der Waals surface area (Å²) >= 11 is 0. The molecule has 2 atom stereocenters. The molecule has 4 aromatic rings. The summed E-state index contributed by atoms with van der Waals surface area (Å²) in [5, 5.41) is 14.7. The standard InChI is InChI=1S/C29H24N6O5/c1-17(36)33-21-6-3-7-22(12-21)39-15-25-26(28(37)40-14-19-5-2-4-18(10-19)13-30)27(35-29(38)34-25)20-8-9-23-24(11-20)32-16-31-23/h2-12,16,26-27H,14-15H2,1H3,(H,31,32)(H,33,36)(H,35,38). The fraction of sp³-hybridized carbons (Fsp3) is 0.172. The maximum absolute atomic E-state index is 13.6. The molecule has 3 N–H and O–H groups in total. The number of amides is 3. The molecule has 200 valence electrons. The number of nitrogens with one attached hydrogen (secondary N) is 3. The number of fused-ring (bicyclic) bond motifs is 1. The zero-order valence-corrected chi connectivity index (χ0v) is 21.4. The number of hydrogen-bond donors (Lipinski definition) is 3. The number of nitriles is 1. The lowest BCUT2D eigenvalue weighted by Crippen LogP contribution is -2.46. The van der Waals surface area contributed by atoms with Crippen molar-refractivity contribution < 1.29 is 23.9 Å². The third kappa shape index (κ3) is 5.97. The van der Waals surface area contributed by atoms with E-state index in [4.69, 9.17) is 9.47 Å². The van der Waals surface area contributed by atoms with Crippen LogP contribution in [0.25, 0.3) is 11.0 Å². The van der Waals surface area contributed by atoms with E-state index in [1.54, 1.807) is 67.0 Å². The molecule has 0 saturated heterocycles. The highest BCUT2D eigenvalue weighted by Crippen LogP contribution is 2.30. The summed E-state index contributed by atoms with van der Waals surface area (Å²) < 4.78 is 11.6. The van der Waals surface area contributed by atoms with Crippen LogP contribution < -0.4 is 15.4 Å². The molecule has 0 bridgehead atoms. The van der Waals surface area contributed by atoms with Crippen molar-refractivity contribution in [1.82, 2.24) is 15.3 Å². The van der Waals surface area contributed by atoms with Crippen LogP contribution in [-0.4, -0.2) is 40.2 Å². The molecule has 1 aromatic heterocycles. The van der Waals surface area contributed by atoms with Gasteiger partial charge in [-0.15, -0.1) is 0 Å². The Kier molecular flexibility index (Phi) is 7.50. The molecular formula is C29H24N6O5. The third-order valence-electron chi connectivity index (χ3n) is 6.25. The minimum Gasteiger partial charge on any atom is -0.488 e. The van der Waals surface area contributed by atoms with Gasteiger partial charge in [-0.2, -0.15) is 10.3 Å². The predicted octanol–water partition coefficient (Wildman–Crippen LogP) is 4.04. The summed E-state index contributed by atoms with van der Waals surface area (Å²) in [6, 6.07) is 19.5. The molecule has 0 saturated carbocycles. The largest absolute Gasteiger partial charge is 0.488 e. The fourth-order valence-corrected chi connectivity index (χ4v) is 4.46. The first-order valence-corrected chi connectivity index (χ1v) is 12.4. The van der Waals surface area contributed by atoms with Gasteiger partial charge >= 0.3 is 12.0 Å². The van der Waals surface area contributed by atoms with E-state index in [1.165, 1.54) is 6.92 Å². The van der Waals surface area contributed by atoms with Gasteiger partial charge in [0.05, 0.1) is 40.7 Å². The van der Waals surface area contributed by atoms with Gasteiger partial charge in [-0.1, -0.05) is 24.3 Å². The van der Waals surface area contributed by atoms with Gasteiger partial charge in [0.2, 0.25) is 5.91 Å². The van der Waals surface area contributed by atoms with E-state index in [0.29, 0.717) is 28.1 Å². The number of carbonyl (C=O) groups is 3. The number of aliphatic imine (C=N–C) groups is 1. The number of ether oxygens (including phenoxy) is 2. The van der Waals surface area contributed by atoms with Crippen molar-refractivity contribution in [3.8, 4) is 11.8 Å². The Morgan fingerprint density at radius 3 is 2.75 bits per heavy atom. The molecule has 0 spiro atoms. The lowest BCUT2D eigenvalue weighted by Gasteiger charge is -2.31. The maximum Gasteiger partial charge on any atom is 0.341 e. The molecule has 40 heavy (non-hydrogen) atoms. The lowest BCUT2D eigenvalue weighted by atomic mass is 9.87. The summed E-state index contributed by atoms with van der Waals surface area (Å²) in [6.07, 6.45) is 1.56. The van der Waals surface area contributed by atoms with E-state index < -0.39 is 24.0 Å². The first-order valence-electron chi connectivity index (χ1n) is 12.4. The number of anilines is 1. The molecule has 5 rings (SSSR count). The molecule has 0 fully saturated rings. The van der Waals surface area contributed by atoms with Crippen LogP contribution >= 0.6 is 0 Å². The number of benzene rings is 3. The SMILES string of the molecule is CC(=O)Nc1cccc(OCC2=NC(=O)NC(c3ccc4nc[nH]c4c3)C2C(=O)OCc2cccc(C#N)c2)c1. The van der Waals surface area contributed by atoms with Gasteiger partial charge in [0.1, 0.15) is 24.9 Å². The molecule has 1 aliphatic heterocycles. The number of carbonyl (C=O) groups excluding carboxylic acids is 3. The zero-order chi connectivity index (χ0) is 28.1. The second-order valence-electron chi connectivity index (χ2n) is 9.10. The summed E-state index contributed by atoms with van der Waals surface area (Å²) in [5.74, 6) is -1.44. The number of aromatic nitrogens is 2. The van der Waals surface area contributed by atoms with Crippen molar-refractivity contribution in [2.75, 3.05) is 11.9 Å². The average Bonchev–Trinajstić information content (AvgIpc) is 3.42. The van der Waals surface area contributed by atoms with E-state index in [-0.39, 0.29) is 24.8 Å². The Balaban J connectivity index is 1.43. The van der Waals surface area contributed by atoms with Crippen LogP contribution in [0.15, 0.2) is 78.0 Å². The number of aromatic amines is 1. The van der Waals surface area contributed by atoms with Crippen LogP contribution in [0.5, 0.6) is 5.75 Å². The monoisotopic (exact) mass is 536 g/mol. The highest BCUT2D eigenvalue weighted by Gasteiger charge is 2.40. The predicted molar refractivity (Wildman–Crippen MR) is 145 cm³/mol. The molecule has 3 aromatic carbocycles. The molecule has 3 amide bonds. The van der Waals surface area contributed by atoms with Crippen LogP contribution in [0.4, 0.5) is 10.5 Å². The highest BCUT2D eigenvalue weighted by atomic mass is 16.5. The fourth-order valence-electron chi connectivity index (χ4n) is 4.46. The molecular weight excluding hydrogens is 512 g/mol. The molecule has 1 aliphatic rings. The number of esters is 1. The normalized spacial score (nSPS) is 16.4. The maximum atomic E-state index is 13.6. The number of rotatable bonds is 8. The second-order valence-corrected chi connectivity index (χ2v) is 9.10. The summed E-state index contributed by atoms with van der Waals surface area (Å²) in [5.41, 5.74) is 3.93. The lowest BCUT2D eigenvalue weighted by molar-refractivity contribution is -0.148. The van der Waals surface area contributed by atoms with E-state index in [2.05, 4.69) is 31.7 Å². The Hall–Kier alpha value is -5.50. The first kappa shape index (κ1) is 26.1. The third-order valence-corrected chi connectivity index (χ3v) is 6.25. The van der Waals surface area contributed by atoms with Gasteiger partial charge in [-0.3, -0.25) is 9.59 Å². The summed E-state index contributed by atoms with van der Waals surface area (Å²) in [4.78, 5) is 49.0. The van der Waals surface area contributed by atoms with Gasteiger partial charge in [0.15, 0.2) is 0 Å². The number of H-pyrrole nitrogens is 1. The topological polar surface area (TPSA) is 159 Å². The number of imidazole rings is 1. The van der Waals surface area contributed by atoms with Gasteiger partial charge in [-0.05, 0) is 47.5 Å². The molecule has 2 heterocycles. The summed E-state index contributed by atoms with van der Waals surface area (Å²) in [7, 11) is 0. The Morgan fingerprint density at radius 1 is 1.07 bits per heavy atom. The average molecular weight is 537 g/mol. The Morgan fingerprint density at radius 2 is 1.93 bits per heavy atom. The van der Waals surface area contributed by atoms with Crippen molar-refractivity contribution in [3.05, 3.63) is 89.7 Å². The number of urea groups is 1. The Bertz CT molecular complexity index is 1670. The van der Waals surface area contributed by atoms with Gasteiger partial charge in [0, 0.05) is 18.7 Å². The zero-order valence-electron chi connectivity index (χ0n) is 21.4. The second kappa shape index (κ2) is 11.5. The van der Waals surface area contributed by atoms with Crippen LogP contribution in [-0.2, 0) is 20.9 Å².